The number of rotatable bonds is 22. The largest absolute Gasteiger partial charge is 0.442 e. The van der Waals surface area contributed by atoms with Crippen molar-refractivity contribution >= 4 is 79.4 Å². The van der Waals surface area contributed by atoms with Crippen molar-refractivity contribution in [2.75, 3.05) is 119 Å². The number of aromatic amines is 2. The van der Waals surface area contributed by atoms with Gasteiger partial charge in [-0.15, -0.1) is 0 Å². The average molecular weight is 1560 g/mol. The van der Waals surface area contributed by atoms with E-state index in [1.807, 2.05) is 142 Å². The van der Waals surface area contributed by atoms with Crippen LogP contribution in [0.2, 0.25) is 0 Å². The summed E-state index contributed by atoms with van der Waals surface area (Å²) in [5.41, 5.74) is 7.24. The molecule has 10 heterocycles. The second-order valence-electron chi connectivity index (χ2n) is 34.4. The number of nitrogens with one attached hydrogen (secondary N) is 4. The van der Waals surface area contributed by atoms with Crippen LogP contribution in [-0.4, -0.2) is 248 Å². The van der Waals surface area contributed by atoms with E-state index < -0.39 is 22.9 Å². The van der Waals surface area contributed by atoms with Gasteiger partial charge in [0.05, 0.1) is 28.1 Å². The fourth-order valence-corrected chi connectivity index (χ4v) is 18.3. The number of hydrogen-bond acceptors (Lipinski definition) is 16. The highest BCUT2D eigenvalue weighted by Crippen LogP contribution is 2.33. The maximum Gasteiger partial charge on any atom is 0.318 e. The van der Waals surface area contributed by atoms with Crippen LogP contribution in [0.15, 0.2) is 107 Å². The quantitative estimate of drug-likeness (QED) is 0.0459. The number of piperazine rings is 2. The Kier molecular flexibility index (Phi) is 26.4. The van der Waals surface area contributed by atoms with Gasteiger partial charge < -0.3 is 59.5 Å². The van der Waals surface area contributed by atoms with Crippen LogP contribution in [-0.2, 0) is 55.0 Å². The SMILES string of the molecule is CCCC(C)(C)C(=O)OCn1cc2cc(C[C@@H](NC(=O)N3CCC(c4cc5ccccc5[nH]c4=O)CC3)C(=O)N3CCN(C4CCN(C)CC4)CC3)cc(C)c2n1.CCCC(C)(C)C(=O)OCn1ncc2cc(C[C@@H](NC(=O)N3CCC(c4cc5ccccc5[nH]c4=O)CC3)C(=O)N3CCN(C4CCN(C)CC4)CC3)cc(C)c21. The van der Waals surface area contributed by atoms with Gasteiger partial charge in [-0.05, 0) is 227 Å². The number of benzene rings is 4. The Morgan fingerprint density at radius 3 is 1.37 bits per heavy atom. The number of nitrogens with zero attached hydrogens (tertiary/aromatic N) is 12. The Labute approximate surface area is 669 Å². The van der Waals surface area contributed by atoms with Gasteiger partial charge in [-0.25, -0.2) is 19.0 Å². The number of carbonyl (C=O) groups is 6. The molecule has 4 aromatic heterocycles. The first-order valence-corrected chi connectivity index (χ1v) is 41.8. The number of fused-ring (bicyclic) bond motifs is 4. The first-order valence-electron chi connectivity index (χ1n) is 41.8. The molecule has 26 nitrogen and oxygen atoms in total. The van der Waals surface area contributed by atoms with Crippen molar-refractivity contribution in [1.82, 2.24) is 79.4 Å². The van der Waals surface area contributed by atoms with E-state index in [9.17, 15) is 38.4 Å². The normalized spacial score (nSPS) is 18.6. The molecular weight excluding hydrogens is 1440 g/mol. The van der Waals surface area contributed by atoms with Gasteiger partial charge in [0.25, 0.3) is 11.1 Å². The van der Waals surface area contributed by atoms with Crippen molar-refractivity contribution < 1.29 is 38.2 Å². The lowest BCUT2D eigenvalue weighted by molar-refractivity contribution is -0.159. The zero-order valence-corrected chi connectivity index (χ0v) is 68.8. The molecule has 612 valence electrons. The minimum Gasteiger partial charge on any atom is -0.442 e. The Morgan fingerprint density at radius 1 is 0.500 bits per heavy atom. The van der Waals surface area contributed by atoms with Crippen LogP contribution < -0.4 is 21.8 Å². The van der Waals surface area contributed by atoms with Crippen LogP contribution >= 0.6 is 0 Å². The number of aromatic nitrogens is 6. The molecule has 26 heteroatoms. The van der Waals surface area contributed by atoms with Gasteiger partial charge in [-0.1, -0.05) is 75.2 Å². The summed E-state index contributed by atoms with van der Waals surface area (Å²) in [7, 11) is 4.35. The number of aryl methyl sites for hydroxylation is 2. The van der Waals surface area contributed by atoms with E-state index in [0.29, 0.717) is 103 Å². The van der Waals surface area contributed by atoms with Crippen molar-refractivity contribution in [3.8, 4) is 0 Å². The van der Waals surface area contributed by atoms with Crippen LogP contribution in [0.1, 0.15) is 164 Å². The maximum absolute atomic E-state index is 14.4. The Bertz CT molecular complexity index is 4650. The smallest absolute Gasteiger partial charge is 0.318 e. The molecule has 4 N–H and O–H groups in total. The number of urea groups is 2. The predicted octanol–water partition coefficient (Wildman–Crippen LogP) is 10.5. The number of carbonyl (C=O) groups excluding carboxylic acids is 6. The summed E-state index contributed by atoms with van der Waals surface area (Å²) in [6.07, 6.45) is 14.8. The highest BCUT2D eigenvalue weighted by molar-refractivity contribution is 5.90. The third-order valence-electron chi connectivity index (χ3n) is 25.1. The highest BCUT2D eigenvalue weighted by atomic mass is 16.5. The van der Waals surface area contributed by atoms with Crippen LogP contribution in [0.4, 0.5) is 9.59 Å². The summed E-state index contributed by atoms with van der Waals surface area (Å²) in [6, 6.07) is 26.7. The van der Waals surface area contributed by atoms with Crippen LogP contribution in [0, 0.1) is 24.7 Å². The molecule has 2 atom stereocenters. The standard InChI is InChI=1S/2C44H60N8O5/c1-6-15-44(3,4)42(55)57-29-52-28-34-25-31(24-30(2)39(34)47-52)26-38(41(54)50-22-20-49(21-23-50)35-13-16-48(5)17-14-35)46-43(56)51-18-11-32(12-19-51)36-27-33-9-7-8-10-37(33)45-40(36)53;1-6-15-44(3,4)42(55)57-29-52-39-30(2)24-31(25-34(39)28-45-52)26-38(41(54)50-22-20-49(21-23-50)35-13-16-48(5)17-14-35)47-43(56)51-18-11-32(12-19-51)36-27-33-9-7-8-10-37(33)46-40(36)53/h7-10,24-25,27-28,32,35,38H,6,11-23,26,29H2,1-5H3,(H,45,53)(H,46,56);7-10,24-25,27-28,32,35,38H,6,11-23,26,29H2,1-5H3,(H,46,53)(H,47,56)/t2*38-/m11/s1. The number of ether oxygens (including phenoxy) is 2. The van der Waals surface area contributed by atoms with E-state index in [2.05, 4.69) is 73.2 Å². The molecule has 0 aliphatic carbocycles. The first kappa shape index (κ1) is 82.5. The Hall–Kier alpha value is -9.50. The van der Waals surface area contributed by atoms with E-state index in [1.165, 1.54) is 0 Å². The van der Waals surface area contributed by atoms with Crippen LogP contribution in [0.5, 0.6) is 0 Å². The number of hydrogen-bond donors (Lipinski definition) is 4. The van der Waals surface area contributed by atoms with Crippen molar-refractivity contribution in [3.05, 3.63) is 151 Å². The Balaban J connectivity index is 0.000000199. The third kappa shape index (κ3) is 19.7. The minimum absolute atomic E-state index is 0.0159. The minimum atomic E-state index is -0.762. The zero-order chi connectivity index (χ0) is 80.5. The lowest BCUT2D eigenvalue weighted by Gasteiger charge is -2.43. The molecular formula is C88H120N16O10. The second kappa shape index (κ2) is 36.5. The fraction of sp³-hybridized carbons (Fsp3) is 0.568. The molecule has 0 saturated carbocycles. The number of amides is 6. The van der Waals surface area contributed by atoms with E-state index >= 15 is 0 Å². The molecule has 6 aliphatic rings. The van der Waals surface area contributed by atoms with Crippen LogP contribution in [0.3, 0.4) is 0 Å². The molecule has 6 fully saturated rings. The molecule has 0 spiro atoms. The molecule has 6 aliphatic heterocycles. The molecule has 14 rings (SSSR count). The fourth-order valence-electron chi connectivity index (χ4n) is 18.3. The van der Waals surface area contributed by atoms with Gasteiger partial charge in [-0.3, -0.25) is 38.6 Å². The lowest BCUT2D eigenvalue weighted by Crippen LogP contribution is -2.59. The van der Waals surface area contributed by atoms with E-state index in [1.54, 1.807) is 25.4 Å². The Morgan fingerprint density at radius 2 is 0.921 bits per heavy atom. The summed E-state index contributed by atoms with van der Waals surface area (Å²) < 4.78 is 14.7. The number of H-pyrrole nitrogens is 2. The molecule has 114 heavy (non-hydrogen) atoms. The molecule has 6 amide bonds. The molecule has 4 aromatic carbocycles. The molecule has 0 radical (unpaired) electrons. The average Bonchev–Trinajstić information content (AvgIpc) is 1.02. The van der Waals surface area contributed by atoms with E-state index in [4.69, 9.17) is 14.6 Å². The zero-order valence-electron chi connectivity index (χ0n) is 68.8. The van der Waals surface area contributed by atoms with E-state index in [-0.39, 0.29) is 72.2 Å². The van der Waals surface area contributed by atoms with Gasteiger partial charge in [0.15, 0.2) is 13.5 Å². The summed E-state index contributed by atoms with van der Waals surface area (Å²) in [6.45, 7) is 27.9. The van der Waals surface area contributed by atoms with Gasteiger partial charge in [-0.2, -0.15) is 10.2 Å². The summed E-state index contributed by atoms with van der Waals surface area (Å²) in [4.78, 5) is 132. The van der Waals surface area contributed by atoms with Crippen LogP contribution in [0.25, 0.3) is 43.6 Å². The first-order chi connectivity index (χ1) is 54.8. The van der Waals surface area contributed by atoms with Crippen molar-refractivity contribution in [2.45, 2.75) is 195 Å². The molecule has 6 saturated heterocycles. The molecule has 8 aromatic rings. The summed E-state index contributed by atoms with van der Waals surface area (Å²) >= 11 is 0. The van der Waals surface area contributed by atoms with Gasteiger partial charge in [0, 0.05) is 143 Å². The van der Waals surface area contributed by atoms with Gasteiger partial charge in [0.1, 0.15) is 12.1 Å². The number of para-hydroxylation sites is 2. The monoisotopic (exact) mass is 1560 g/mol. The molecule has 0 bridgehead atoms. The second-order valence-corrected chi connectivity index (χ2v) is 34.4. The van der Waals surface area contributed by atoms with Gasteiger partial charge >= 0.3 is 24.0 Å². The lowest BCUT2D eigenvalue weighted by atomic mass is 9.88. The number of piperidine rings is 4. The third-order valence-corrected chi connectivity index (χ3v) is 25.1. The number of likely N-dealkylation sites (tertiary alicyclic amines) is 4. The van der Waals surface area contributed by atoms with E-state index in [0.717, 1.165) is 181 Å². The predicted molar refractivity (Wildman–Crippen MR) is 444 cm³/mol. The van der Waals surface area contributed by atoms with Crippen molar-refractivity contribution in [2.24, 2.45) is 10.8 Å². The number of esters is 2. The highest BCUT2D eigenvalue weighted by Gasteiger charge is 2.38. The number of pyridine rings is 2. The van der Waals surface area contributed by atoms with Gasteiger partial charge in [0.2, 0.25) is 11.8 Å². The maximum atomic E-state index is 14.4. The topological polar surface area (TPSA) is 272 Å². The van der Waals surface area contributed by atoms with Crippen molar-refractivity contribution in [1.29, 1.82) is 0 Å². The van der Waals surface area contributed by atoms with Crippen molar-refractivity contribution in [3.63, 3.8) is 0 Å². The summed E-state index contributed by atoms with van der Waals surface area (Å²) in [5, 5.41) is 19.3. The summed E-state index contributed by atoms with van der Waals surface area (Å²) in [5.74, 6) is -0.557. The molecule has 0 unspecified atom stereocenters.